The zero-order chi connectivity index (χ0) is 13.8. The molecule has 4 nitrogen and oxygen atoms in total. The molecule has 1 aromatic carbocycles. The maximum absolute atomic E-state index is 11.5. The number of carbonyl (C=O) groups excluding carboxylic acids is 1. The van der Waals surface area contributed by atoms with Gasteiger partial charge in [0.2, 0.25) is 0 Å². The highest BCUT2D eigenvalue weighted by molar-refractivity contribution is 5.68. The average Bonchev–Trinajstić information content (AvgIpc) is 2.46. The maximum Gasteiger partial charge on any atom is 0.409 e. The third-order valence-electron chi connectivity index (χ3n) is 3.73. The van der Waals surface area contributed by atoms with Crippen LogP contribution in [0.3, 0.4) is 0 Å². The summed E-state index contributed by atoms with van der Waals surface area (Å²) in [5, 5.41) is 0. The molecule has 0 bridgehead atoms. The van der Waals surface area contributed by atoms with Gasteiger partial charge in [-0.3, -0.25) is 0 Å². The van der Waals surface area contributed by atoms with Gasteiger partial charge in [-0.25, -0.2) is 4.79 Å². The van der Waals surface area contributed by atoms with Gasteiger partial charge >= 0.3 is 6.09 Å². The minimum atomic E-state index is -0.222. The summed E-state index contributed by atoms with van der Waals surface area (Å²) in [6.45, 7) is 7.53. The van der Waals surface area contributed by atoms with Gasteiger partial charge in [0.15, 0.2) is 0 Å². The average molecular weight is 262 g/mol. The highest BCUT2D eigenvalue weighted by atomic mass is 16.5. The van der Waals surface area contributed by atoms with E-state index in [0.29, 0.717) is 0 Å². The molecule has 0 N–H and O–H groups in total. The minimum absolute atomic E-state index is 0.222. The van der Waals surface area contributed by atoms with Crippen LogP contribution >= 0.6 is 0 Å². The molecular weight excluding hydrogens is 240 g/mol. The van der Waals surface area contributed by atoms with Gasteiger partial charge in [0, 0.05) is 31.9 Å². The van der Waals surface area contributed by atoms with E-state index in [1.165, 1.54) is 23.9 Å². The summed E-state index contributed by atoms with van der Waals surface area (Å²) in [6.07, 6.45) is 0.814. The van der Waals surface area contributed by atoms with Crippen molar-refractivity contribution < 1.29 is 9.53 Å². The second kappa shape index (κ2) is 5.95. The van der Waals surface area contributed by atoms with Crippen LogP contribution in [0, 0.1) is 6.92 Å². The highest BCUT2D eigenvalue weighted by Gasteiger charge is 2.23. The fraction of sp³-hybridized carbons (Fsp3) is 0.533. The zero-order valence-electron chi connectivity index (χ0n) is 12.0. The lowest BCUT2D eigenvalue weighted by atomic mass is 10.0. The lowest BCUT2D eigenvalue weighted by Crippen LogP contribution is -2.49. The lowest BCUT2D eigenvalue weighted by molar-refractivity contribution is 0.121. The van der Waals surface area contributed by atoms with Crippen LogP contribution in [-0.4, -0.2) is 44.3 Å². The summed E-state index contributed by atoms with van der Waals surface area (Å²) < 4.78 is 4.77. The Balaban J connectivity index is 2.12. The Bertz CT molecular complexity index is 451. The van der Waals surface area contributed by atoms with Crippen molar-refractivity contribution in [3.63, 3.8) is 0 Å². The molecule has 0 radical (unpaired) electrons. The van der Waals surface area contributed by atoms with Crippen molar-refractivity contribution in [3.8, 4) is 0 Å². The number of para-hydroxylation sites is 1. The van der Waals surface area contributed by atoms with Gasteiger partial charge in [-0.15, -0.1) is 0 Å². The van der Waals surface area contributed by atoms with Crippen LogP contribution in [0.25, 0.3) is 0 Å². The summed E-state index contributed by atoms with van der Waals surface area (Å²) >= 11 is 0. The molecule has 1 aliphatic rings. The lowest BCUT2D eigenvalue weighted by Gasteiger charge is -2.37. The predicted octanol–water partition coefficient (Wildman–Crippen LogP) is 2.45. The number of amides is 1. The Hall–Kier alpha value is -1.71. The van der Waals surface area contributed by atoms with Crippen molar-refractivity contribution in [3.05, 3.63) is 29.3 Å². The Labute approximate surface area is 115 Å². The first kappa shape index (κ1) is 13.7. The van der Waals surface area contributed by atoms with E-state index in [1.54, 1.807) is 4.90 Å². The molecule has 1 saturated heterocycles. The quantitative estimate of drug-likeness (QED) is 0.820. The maximum atomic E-state index is 11.5. The van der Waals surface area contributed by atoms with Crippen molar-refractivity contribution >= 4 is 11.8 Å². The van der Waals surface area contributed by atoms with Crippen molar-refractivity contribution in [2.24, 2.45) is 0 Å². The number of ether oxygens (including phenoxy) is 1. The Morgan fingerprint density at radius 3 is 2.53 bits per heavy atom. The fourth-order valence-corrected chi connectivity index (χ4v) is 2.70. The van der Waals surface area contributed by atoms with Crippen LogP contribution in [0.2, 0.25) is 0 Å². The smallest absolute Gasteiger partial charge is 0.409 e. The molecule has 0 atom stereocenters. The van der Waals surface area contributed by atoms with Crippen molar-refractivity contribution in [1.29, 1.82) is 0 Å². The molecule has 0 aliphatic carbocycles. The van der Waals surface area contributed by atoms with Gasteiger partial charge in [0.05, 0.1) is 7.11 Å². The van der Waals surface area contributed by atoms with E-state index in [1.807, 2.05) is 0 Å². The van der Waals surface area contributed by atoms with E-state index >= 15 is 0 Å². The van der Waals surface area contributed by atoms with Gasteiger partial charge in [-0.2, -0.15) is 0 Å². The summed E-state index contributed by atoms with van der Waals surface area (Å²) in [5.74, 6) is 0. The van der Waals surface area contributed by atoms with Gasteiger partial charge in [0.1, 0.15) is 0 Å². The first-order valence-corrected chi connectivity index (χ1v) is 6.83. The predicted molar refractivity (Wildman–Crippen MR) is 76.7 cm³/mol. The molecule has 0 saturated carbocycles. The topological polar surface area (TPSA) is 32.8 Å². The Morgan fingerprint density at radius 2 is 1.95 bits per heavy atom. The first-order valence-electron chi connectivity index (χ1n) is 6.83. The summed E-state index contributed by atoms with van der Waals surface area (Å²) in [7, 11) is 1.44. The molecule has 1 aromatic rings. The third kappa shape index (κ3) is 2.83. The molecule has 1 aliphatic heterocycles. The SMILES string of the molecule is CCc1cccc(C)c1N1CCN(C(=O)OC)CC1. The molecule has 1 fully saturated rings. The number of piperazine rings is 1. The largest absolute Gasteiger partial charge is 0.453 e. The normalized spacial score (nSPS) is 15.5. The van der Waals surface area contributed by atoms with Crippen LogP contribution in [0.15, 0.2) is 18.2 Å². The number of nitrogens with zero attached hydrogens (tertiary/aromatic N) is 2. The summed E-state index contributed by atoms with van der Waals surface area (Å²) in [5.41, 5.74) is 4.03. The Kier molecular flexibility index (Phi) is 4.30. The van der Waals surface area contributed by atoms with Crippen LogP contribution in [-0.2, 0) is 11.2 Å². The van der Waals surface area contributed by atoms with Crippen molar-refractivity contribution in [2.45, 2.75) is 20.3 Å². The number of anilines is 1. The zero-order valence-corrected chi connectivity index (χ0v) is 12.0. The second-order valence-electron chi connectivity index (χ2n) is 4.88. The van der Waals surface area contributed by atoms with Crippen LogP contribution in [0.5, 0.6) is 0 Å². The molecule has 0 spiro atoms. The monoisotopic (exact) mass is 262 g/mol. The van der Waals surface area contributed by atoms with E-state index in [-0.39, 0.29) is 6.09 Å². The minimum Gasteiger partial charge on any atom is -0.453 e. The molecule has 104 valence electrons. The van der Waals surface area contributed by atoms with Crippen LogP contribution in [0.4, 0.5) is 10.5 Å². The van der Waals surface area contributed by atoms with Crippen LogP contribution < -0.4 is 4.90 Å². The van der Waals surface area contributed by atoms with Crippen LogP contribution in [0.1, 0.15) is 18.1 Å². The van der Waals surface area contributed by atoms with E-state index in [2.05, 4.69) is 36.9 Å². The molecule has 4 heteroatoms. The standard InChI is InChI=1S/C15H22N2O2/c1-4-13-7-5-6-12(2)14(13)16-8-10-17(11-9-16)15(18)19-3/h5-7H,4,8-11H2,1-3H3. The van der Waals surface area contributed by atoms with E-state index in [4.69, 9.17) is 4.74 Å². The van der Waals surface area contributed by atoms with Crippen molar-refractivity contribution in [1.82, 2.24) is 4.90 Å². The number of aryl methyl sites for hydroxylation is 2. The number of methoxy groups -OCH3 is 1. The molecule has 2 rings (SSSR count). The van der Waals surface area contributed by atoms with Gasteiger partial charge in [0.25, 0.3) is 0 Å². The first-order chi connectivity index (χ1) is 9.17. The van der Waals surface area contributed by atoms with Gasteiger partial charge in [-0.05, 0) is 24.5 Å². The van der Waals surface area contributed by atoms with E-state index in [9.17, 15) is 4.79 Å². The summed E-state index contributed by atoms with van der Waals surface area (Å²) in [4.78, 5) is 15.6. The number of hydrogen-bond donors (Lipinski definition) is 0. The molecular formula is C15H22N2O2. The fourth-order valence-electron chi connectivity index (χ4n) is 2.70. The van der Waals surface area contributed by atoms with E-state index in [0.717, 1.165) is 32.6 Å². The van der Waals surface area contributed by atoms with E-state index < -0.39 is 0 Å². The number of rotatable bonds is 2. The molecule has 1 amide bonds. The molecule has 19 heavy (non-hydrogen) atoms. The second-order valence-corrected chi connectivity index (χ2v) is 4.88. The molecule has 0 aromatic heterocycles. The summed E-state index contributed by atoms with van der Waals surface area (Å²) in [6, 6.07) is 6.46. The van der Waals surface area contributed by atoms with Crippen molar-refractivity contribution in [2.75, 3.05) is 38.2 Å². The highest BCUT2D eigenvalue weighted by Crippen LogP contribution is 2.26. The molecule has 0 unspecified atom stereocenters. The van der Waals surface area contributed by atoms with Gasteiger partial charge < -0.3 is 14.5 Å². The van der Waals surface area contributed by atoms with Gasteiger partial charge in [-0.1, -0.05) is 25.1 Å². The number of hydrogen-bond acceptors (Lipinski definition) is 3. The number of benzene rings is 1. The third-order valence-corrected chi connectivity index (χ3v) is 3.73. The molecule has 1 heterocycles. The Morgan fingerprint density at radius 1 is 1.26 bits per heavy atom. The number of carbonyl (C=O) groups is 1.